The first-order chi connectivity index (χ1) is 9.13. The van der Waals surface area contributed by atoms with E-state index in [1.54, 1.807) is 6.07 Å². The van der Waals surface area contributed by atoms with E-state index in [2.05, 4.69) is 26.1 Å². The Bertz CT molecular complexity index is 601. The molecule has 4 nitrogen and oxygen atoms in total. The van der Waals surface area contributed by atoms with Crippen LogP contribution in [0.2, 0.25) is 0 Å². The lowest BCUT2D eigenvalue weighted by Gasteiger charge is -2.01. The molecule has 0 radical (unpaired) electrons. The van der Waals surface area contributed by atoms with Gasteiger partial charge in [-0.05, 0) is 37.5 Å². The van der Waals surface area contributed by atoms with Gasteiger partial charge in [-0.1, -0.05) is 21.1 Å². The van der Waals surface area contributed by atoms with Crippen molar-refractivity contribution in [1.29, 1.82) is 0 Å². The Kier molecular flexibility index (Phi) is 3.36. The average molecular weight is 326 g/mol. The van der Waals surface area contributed by atoms with E-state index in [9.17, 15) is 4.39 Å². The highest BCUT2D eigenvalue weighted by Gasteiger charge is 2.28. The van der Waals surface area contributed by atoms with Crippen LogP contribution in [0.3, 0.4) is 0 Å². The third-order valence-corrected chi connectivity index (χ3v) is 4.12. The fourth-order valence-electron chi connectivity index (χ4n) is 2.42. The number of halogens is 2. The first kappa shape index (κ1) is 12.7. The molecule has 19 heavy (non-hydrogen) atoms. The lowest BCUT2D eigenvalue weighted by atomic mass is 10.1. The van der Waals surface area contributed by atoms with E-state index in [0.717, 1.165) is 23.7 Å². The molecule has 3 rings (SSSR count). The van der Waals surface area contributed by atoms with Crippen molar-refractivity contribution in [1.82, 2.24) is 10.1 Å². The Morgan fingerprint density at radius 1 is 1.37 bits per heavy atom. The van der Waals surface area contributed by atoms with E-state index in [4.69, 9.17) is 10.3 Å². The molecule has 1 aromatic carbocycles. The number of rotatable bonds is 2. The van der Waals surface area contributed by atoms with Crippen molar-refractivity contribution in [3.05, 3.63) is 34.4 Å². The van der Waals surface area contributed by atoms with Crippen LogP contribution < -0.4 is 5.73 Å². The molecule has 0 spiro atoms. The Balaban J connectivity index is 1.90. The number of nitrogens with zero attached hydrogens (tertiary/aromatic N) is 2. The van der Waals surface area contributed by atoms with E-state index in [0.29, 0.717) is 17.3 Å². The van der Waals surface area contributed by atoms with Gasteiger partial charge in [-0.3, -0.25) is 0 Å². The molecule has 0 amide bonds. The van der Waals surface area contributed by atoms with Gasteiger partial charge >= 0.3 is 0 Å². The lowest BCUT2D eigenvalue weighted by molar-refractivity contribution is 0.353. The van der Waals surface area contributed by atoms with Gasteiger partial charge in [0.15, 0.2) is 0 Å². The third-order valence-electron chi connectivity index (χ3n) is 3.43. The van der Waals surface area contributed by atoms with Crippen LogP contribution >= 0.6 is 15.9 Å². The molecule has 0 saturated heterocycles. The van der Waals surface area contributed by atoms with E-state index < -0.39 is 0 Å². The highest BCUT2D eigenvalue weighted by molar-refractivity contribution is 9.10. The second-order valence-electron chi connectivity index (χ2n) is 4.85. The maximum atomic E-state index is 13.3. The molecule has 2 N–H and O–H groups in total. The number of benzene rings is 1. The summed E-state index contributed by atoms with van der Waals surface area (Å²) in [6.07, 6.45) is 2.81. The molecule has 100 valence electrons. The van der Waals surface area contributed by atoms with E-state index in [1.807, 2.05) is 0 Å². The number of nitrogens with two attached hydrogens (primary N) is 1. The summed E-state index contributed by atoms with van der Waals surface area (Å²) in [7, 11) is 0. The normalized spacial score (nSPS) is 22.9. The SMILES string of the molecule is N[C@H]1CC[C@@H](c2nc(-c3cc(F)ccc3Br)no2)C1. The fourth-order valence-corrected chi connectivity index (χ4v) is 2.84. The molecule has 1 aliphatic rings. The minimum absolute atomic E-state index is 0.209. The van der Waals surface area contributed by atoms with Gasteiger partial charge < -0.3 is 10.3 Å². The van der Waals surface area contributed by atoms with Gasteiger partial charge in [-0.15, -0.1) is 0 Å². The first-order valence-electron chi connectivity index (χ1n) is 6.18. The van der Waals surface area contributed by atoms with Gasteiger partial charge in [-0.25, -0.2) is 4.39 Å². The molecule has 1 aliphatic carbocycles. The quantitative estimate of drug-likeness (QED) is 0.920. The average Bonchev–Trinajstić information content (AvgIpc) is 3.00. The monoisotopic (exact) mass is 325 g/mol. The van der Waals surface area contributed by atoms with Crippen LogP contribution in [0.25, 0.3) is 11.4 Å². The molecular weight excluding hydrogens is 313 g/mol. The van der Waals surface area contributed by atoms with Gasteiger partial charge in [0.25, 0.3) is 0 Å². The summed E-state index contributed by atoms with van der Waals surface area (Å²) < 4.78 is 19.3. The maximum absolute atomic E-state index is 13.3. The second-order valence-corrected chi connectivity index (χ2v) is 5.70. The van der Waals surface area contributed by atoms with Crippen molar-refractivity contribution in [3.63, 3.8) is 0 Å². The molecule has 0 aliphatic heterocycles. The fraction of sp³-hybridized carbons (Fsp3) is 0.385. The van der Waals surface area contributed by atoms with Crippen LogP contribution in [0.5, 0.6) is 0 Å². The Labute approximate surface area is 118 Å². The Morgan fingerprint density at radius 3 is 2.95 bits per heavy atom. The third kappa shape index (κ3) is 2.55. The molecule has 1 aromatic heterocycles. The van der Waals surface area contributed by atoms with Gasteiger partial charge in [-0.2, -0.15) is 4.98 Å². The summed E-state index contributed by atoms with van der Waals surface area (Å²) in [4.78, 5) is 4.37. The van der Waals surface area contributed by atoms with Crippen LogP contribution in [-0.2, 0) is 0 Å². The van der Waals surface area contributed by atoms with Gasteiger partial charge in [0.2, 0.25) is 11.7 Å². The van der Waals surface area contributed by atoms with Gasteiger partial charge in [0.05, 0.1) is 0 Å². The zero-order valence-electron chi connectivity index (χ0n) is 10.1. The van der Waals surface area contributed by atoms with Gasteiger partial charge in [0.1, 0.15) is 5.82 Å². The van der Waals surface area contributed by atoms with E-state index in [1.165, 1.54) is 12.1 Å². The smallest absolute Gasteiger partial charge is 0.230 e. The van der Waals surface area contributed by atoms with E-state index >= 15 is 0 Å². The summed E-state index contributed by atoms with van der Waals surface area (Å²) in [6, 6.07) is 4.61. The van der Waals surface area contributed by atoms with Crippen molar-refractivity contribution in [2.75, 3.05) is 0 Å². The highest BCUT2D eigenvalue weighted by Crippen LogP contribution is 2.34. The second kappa shape index (κ2) is 5.02. The number of hydrogen-bond donors (Lipinski definition) is 1. The molecule has 2 aromatic rings. The lowest BCUT2D eigenvalue weighted by Crippen LogP contribution is -2.14. The highest BCUT2D eigenvalue weighted by atomic mass is 79.9. The predicted molar refractivity (Wildman–Crippen MR) is 72.0 cm³/mol. The zero-order chi connectivity index (χ0) is 13.4. The number of aromatic nitrogens is 2. The summed E-state index contributed by atoms with van der Waals surface area (Å²) in [5.41, 5.74) is 6.47. The molecule has 0 unspecified atom stereocenters. The standard InChI is InChI=1S/C13H13BrFN3O/c14-11-4-2-8(15)6-10(11)12-17-13(19-18-12)7-1-3-9(16)5-7/h2,4,6-7,9H,1,3,5,16H2/t7-,9+/m1/s1. The maximum Gasteiger partial charge on any atom is 0.230 e. The van der Waals surface area contributed by atoms with Crippen molar-refractivity contribution in [3.8, 4) is 11.4 Å². The van der Waals surface area contributed by atoms with Gasteiger partial charge in [0, 0.05) is 22.0 Å². The Morgan fingerprint density at radius 2 is 2.21 bits per heavy atom. The first-order valence-corrected chi connectivity index (χ1v) is 6.97. The van der Waals surface area contributed by atoms with E-state index in [-0.39, 0.29) is 17.8 Å². The molecule has 6 heteroatoms. The molecule has 1 fully saturated rings. The molecule has 1 saturated carbocycles. The minimum atomic E-state index is -0.326. The molecule has 2 atom stereocenters. The molecule has 1 heterocycles. The summed E-state index contributed by atoms with van der Waals surface area (Å²) >= 11 is 3.36. The molecule has 0 bridgehead atoms. The van der Waals surface area contributed by atoms with Crippen molar-refractivity contribution in [2.45, 2.75) is 31.2 Å². The Hall–Kier alpha value is -1.27. The predicted octanol–water partition coefficient (Wildman–Crippen LogP) is 3.23. The summed E-state index contributed by atoms with van der Waals surface area (Å²) in [5.74, 6) is 0.900. The van der Waals surface area contributed by atoms with Crippen LogP contribution in [-0.4, -0.2) is 16.2 Å². The molecular formula is C13H13BrFN3O. The zero-order valence-corrected chi connectivity index (χ0v) is 11.7. The number of hydrogen-bond acceptors (Lipinski definition) is 4. The summed E-state index contributed by atoms with van der Waals surface area (Å²) in [5, 5.41) is 3.93. The van der Waals surface area contributed by atoms with Crippen LogP contribution in [0.15, 0.2) is 27.2 Å². The largest absolute Gasteiger partial charge is 0.339 e. The van der Waals surface area contributed by atoms with Crippen LogP contribution in [0.4, 0.5) is 4.39 Å². The van der Waals surface area contributed by atoms with Crippen molar-refractivity contribution < 1.29 is 8.91 Å². The topological polar surface area (TPSA) is 64.9 Å². The van der Waals surface area contributed by atoms with Crippen LogP contribution in [0, 0.1) is 5.82 Å². The summed E-state index contributed by atoms with van der Waals surface area (Å²) in [6.45, 7) is 0. The minimum Gasteiger partial charge on any atom is -0.339 e. The van der Waals surface area contributed by atoms with Crippen molar-refractivity contribution in [2.24, 2.45) is 5.73 Å². The van der Waals surface area contributed by atoms with Crippen LogP contribution in [0.1, 0.15) is 31.1 Å². The van der Waals surface area contributed by atoms with Crippen molar-refractivity contribution >= 4 is 15.9 Å².